The fraction of sp³-hybridized carbons (Fsp3) is 0.357. The predicted octanol–water partition coefficient (Wildman–Crippen LogP) is 3.14. The van der Waals surface area contributed by atoms with Crippen molar-refractivity contribution >= 4 is 34.3 Å². The van der Waals surface area contributed by atoms with E-state index in [9.17, 15) is 0 Å². The Morgan fingerprint density at radius 3 is 2.68 bits per heavy atom. The van der Waals surface area contributed by atoms with Gasteiger partial charge in [-0.25, -0.2) is 9.29 Å². The summed E-state index contributed by atoms with van der Waals surface area (Å²) in [5.74, 6) is 0. The first kappa shape index (κ1) is 13.2. The Kier molecular flexibility index (Phi) is 3.93. The van der Waals surface area contributed by atoms with Gasteiger partial charge in [0.05, 0.1) is 0 Å². The van der Waals surface area contributed by atoms with E-state index in [-0.39, 0.29) is 0 Å². The summed E-state index contributed by atoms with van der Waals surface area (Å²) in [6.45, 7) is 4.44. The number of fused-ring (bicyclic) bond motifs is 1. The number of pyridine rings is 1. The van der Waals surface area contributed by atoms with Gasteiger partial charge in [-0.05, 0) is 31.1 Å². The lowest BCUT2D eigenvalue weighted by molar-refractivity contribution is 0.233. The molecule has 0 unspecified atom stereocenters. The molecule has 1 saturated heterocycles. The van der Waals surface area contributed by atoms with Crippen LogP contribution in [0, 0.1) is 0 Å². The van der Waals surface area contributed by atoms with Gasteiger partial charge in [0, 0.05) is 48.0 Å². The minimum Gasteiger partial charge on any atom is -0.304 e. The highest BCUT2D eigenvalue weighted by atomic mass is 35.5. The summed E-state index contributed by atoms with van der Waals surface area (Å²) in [5, 5.41) is 2.80. The molecule has 1 aromatic carbocycles. The minimum absolute atomic E-state index is 0.582. The normalized spacial score (nSPS) is 18.0. The number of hydrogen-bond donors (Lipinski definition) is 0. The Balaban J connectivity index is 1.87. The molecule has 5 heteroatoms. The van der Waals surface area contributed by atoms with Crippen molar-refractivity contribution in [2.75, 3.05) is 33.2 Å². The Hall–Kier alpha value is -0.810. The van der Waals surface area contributed by atoms with Crippen LogP contribution in [0.2, 0.25) is 5.15 Å². The van der Waals surface area contributed by atoms with Crippen LogP contribution in [0.15, 0.2) is 35.4 Å². The Bertz CT molecular complexity index is 582. The maximum atomic E-state index is 6.15. The fourth-order valence-corrected chi connectivity index (χ4v) is 3.50. The van der Waals surface area contributed by atoms with Crippen LogP contribution < -0.4 is 0 Å². The van der Waals surface area contributed by atoms with Crippen molar-refractivity contribution in [3.05, 3.63) is 35.6 Å². The van der Waals surface area contributed by atoms with Crippen LogP contribution in [0.1, 0.15) is 0 Å². The van der Waals surface area contributed by atoms with E-state index in [4.69, 9.17) is 11.6 Å². The highest BCUT2D eigenvalue weighted by molar-refractivity contribution is 7.97. The molecule has 0 radical (unpaired) electrons. The fourth-order valence-electron chi connectivity index (χ4n) is 2.24. The second-order valence-electron chi connectivity index (χ2n) is 4.78. The van der Waals surface area contributed by atoms with Crippen molar-refractivity contribution in [2.45, 2.75) is 4.90 Å². The largest absolute Gasteiger partial charge is 0.304 e. The van der Waals surface area contributed by atoms with E-state index in [0.717, 1.165) is 31.6 Å². The maximum Gasteiger partial charge on any atom is 0.136 e. The number of rotatable bonds is 2. The van der Waals surface area contributed by atoms with E-state index in [0.29, 0.717) is 5.15 Å². The Morgan fingerprint density at radius 1 is 1.11 bits per heavy atom. The predicted molar refractivity (Wildman–Crippen MR) is 81.7 cm³/mol. The molecule has 0 aliphatic carbocycles. The second kappa shape index (κ2) is 5.67. The third-order valence-corrected chi connectivity index (χ3v) is 4.88. The monoisotopic (exact) mass is 293 g/mol. The third-order valence-electron chi connectivity index (χ3n) is 3.41. The van der Waals surface area contributed by atoms with Gasteiger partial charge >= 0.3 is 0 Å². The third kappa shape index (κ3) is 2.87. The maximum absolute atomic E-state index is 6.15. The van der Waals surface area contributed by atoms with Gasteiger partial charge in [-0.3, -0.25) is 0 Å². The molecule has 0 spiro atoms. The number of hydrogen-bond acceptors (Lipinski definition) is 4. The van der Waals surface area contributed by atoms with Crippen molar-refractivity contribution in [3.8, 4) is 0 Å². The van der Waals surface area contributed by atoms with E-state index in [1.165, 1.54) is 10.3 Å². The van der Waals surface area contributed by atoms with Crippen LogP contribution in [0.3, 0.4) is 0 Å². The average Bonchev–Trinajstić information content (AvgIpc) is 2.43. The van der Waals surface area contributed by atoms with Gasteiger partial charge in [0.2, 0.25) is 0 Å². The number of aromatic nitrogens is 1. The van der Waals surface area contributed by atoms with Crippen molar-refractivity contribution in [1.82, 2.24) is 14.2 Å². The summed E-state index contributed by atoms with van der Waals surface area (Å²) in [5.41, 5.74) is 0. The summed E-state index contributed by atoms with van der Waals surface area (Å²) < 4.78 is 2.42. The average molecular weight is 294 g/mol. The lowest BCUT2D eigenvalue weighted by Crippen LogP contribution is -2.40. The zero-order valence-electron chi connectivity index (χ0n) is 10.8. The SMILES string of the molecule is CN1CCN(Sc2cccc3c(Cl)nccc23)CC1. The summed E-state index contributed by atoms with van der Waals surface area (Å²) >= 11 is 7.98. The summed E-state index contributed by atoms with van der Waals surface area (Å²) in [4.78, 5) is 7.76. The first-order valence-corrected chi connectivity index (χ1v) is 7.54. The van der Waals surface area contributed by atoms with Gasteiger partial charge in [0.1, 0.15) is 5.15 Å². The first-order valence-electron chi connectivity index (χ1n) is 6.39. The summed E-state index contributed by atoms with van der Waals surface area (Å²) in [7, 11) is 2.17. The van der Waals surface area contributed by atoms with Gasteiger partial charge in [-0.15, -0.1) is 0 Å². The van der Waals surface area contributed by atoms with E-state index < -0.39 is 0 Å². The van der Waals surface area contributed by atoms with Crippen LogP contribution in [0.4, 0.5) is 0 Å². The van der Waals surface area contributed by atoms with E-state index in [1.807, 2.05) is 30.1 Å². The van der Waals surface area contributed by atoms with Crippen molar-refractivity contribution in [2.24, 2.45) is 0 Å². The summed E-state index contributed by atoms with van der Waals surface area (Å²) in [6, 6.07) is 8.27. The van der Waals surface area contributed by atoms with Crippen LogP contribution in [-0.2, 0) is 0 Å². The van der Waals surface area contributed by atoms with Gasteiger partial charge in [0.25, 0.3) is 0 Å². The van der Waals surface area contributed by atoms with Crippen LogP contribution in [0.25, 0.3) is 10.8 Å². The number of halogens is 1. The summed E-state index contributed by atoms with van der Waals surface area (Å²) in [6.07, 6.45) is 1.78. The van der Waals surface area contributed by atoms with E-state index in [1.54, 1.807) is 6.20 Å². The molecule has 0 saturated carbocycles. The molecule has 1 fully saturated rings. The molecule has 3 rings (SSSR count). The molecule has 1 aliphatic heterocycles. The lowest BCUT2D eigenvalue weighted by atomic mass is 10.2. The number of benzene rings is 1. The topological polar surface area (TPSA) is 19.4 Å². The number of piperazine rings is 1. The Labute approximate surface area is 122 Å². The lowest BCUT2D eigenvalue weighted by Gasteiger charge is -2.31. The molecule has 0 bridgehead atoms. The molecule has 19 heavy (non-hydrogen) atoms. The quantitative estimate of drug-likeness (QED) is 0.625. The van der Waals surface area contributed by atoms with Crippen LogP contribution in [0.5, 0.6) is 0 Å². The van der Waals surface area contributed by atoms with Crippen molar-refractivity contribution in [1.29, 1.82) is 0 Å². The number of nitrogens with zero attached hydrogens (tertiary/aromatic N) is 3. The highest BCUT2D eigenvalue weighted by Crippen LogP contribution is 2.32. The molecule has 1 aliphatic rings. The molecular formula is C14H16ClN3S. The zero-order valence-corrected chi connectivity index (χ0v) is 12.4. The van der Waals surface area contributed by atoms with E-state index >= 15 is 0 Å². The minimum atomic E-state index is 0.582. The molecule has 0 atom stereocenters. The standard InChI is InChI=1S/C14H16ClN3S/c1-17-7-9-18(10-8-17)19-13-4-2-3-12-11(13)5-6-16-14(12)15/h2-6H,7-10H2,1H3. The molecule has 1 aromatic heterocycles. The van der Waals surface area contributed by atoms with Crippen LogP contribution >= 0.6 is 23.5 Å². The first-order chi connectivity index (χ1) is 9.24. The van der Waals surface area contributed by atoms with Crippen molar-refractivity contribution in [3.63, 3.8) is 0 Å². The van der Waals surface area contributed by atoms with Gasteiger partial charge in [0.15, 0.2) is 0 Å². The molecule has 2 aromatic rings. The zero-order chi connectivity index (χ0) is 13.2. The van der Waals surface area contributed by atoms with Gasteiger partial charge in [-0.1, -0.05) is 23.7 Å². The molecule has 0 amide bonds. The molecule has 0 N–H and O–H groups in total. The number of likely N-dealkylation sites (N-methyl/N-ethyl adjacent to an activating group) is 1. The van der Waals surface area contributed by atoms with E-state index in [2.05, 4.69) is 27.3 Å². The van der Waals surface area contributed by atoms with Crippen molar-refractivity contribution < 1.29 is 0 Å². The van der Waals surface area contributed by atoms with Gasteiger partial charge in [-0.2, -0.15) is 0 Å². The smallest absolute Gasteiger partial charge is 0.136 e. The molecule has 100 valence electrons. The Morgan fingerprint density at radius 2 is 1.89 bits per heavy atom. The second-order valence-corrected chi connectivity index (χ2v) is 6.27. The molecule has 3 nitrogen and oxygen atoms in total. The highest BCUT2D eigenvalue weighted by Gasteiger charge is 2.16. The van der Waals surface area contributed by atoms with Gasteiger partial charge < -0.3 is 4.90 Å². The molecular weight excluding hydrogens is 278 g/mol. The molecule has 2 heterocycles. The van der Waals surface area contributed by atoms with Crippen LogP contribution in [-0.4, -0.2) is 47.4 Å².